The highest BCUT2D eigenvalue weighted by Crippen LogP contribution is 2.39. The normalized spacial score (nSPS) is 11.0. The number of halogens is 1. The summed E-state index contributed by atoms with van der Waals surface area (Å²) in [5, 5.41) is 3.10. The summed E-state index contributed by atoms with van der Waals surface area (Å²) in [4.78, 5) is 2.11. The molecule has 0 bridgehead atoms. The molecule has 0 fully saturated rings. The summed E-state index contributed by atoms with van der Waals surface area (Å²) in [6, 6.07) is 2.12. The maximum atomic E-state index is 5.87. The first-order valence-electron chi connectivity index (χ1n) is 5.83. The molecule has 0 amide bonds. The van der Waals surface area contributed by atoms with Crippen LogP contribution in [0.1, 0.15) is 19.4 Å². The maximum Gasteiger partial charge on any atom is 0.198 e. The van der Waals surface area contributed by atoms with Crippen molar-refractivity contribution in [2.75, 3.05) is 17.7 Å². The molecule has 19 heavy (non-hydrogen) atoms. The van der Waals surface area contributed by atoms with Crippen LogP contribution in [0, 0.1) is 0 Å². The minimum Gasteiger partial charge on any atom is -0.484 e. The van der Waals surface area contributed by atoms with Crippen LogP contribution in [0.2, 0.25) is 0 Å². The molecule has 0 aliphatic rings. The average molecular weight is 362 g/mol. The molecule has 0 aliphatic heterocycles. The molecule has 0 aliphatic carbocycles. The molecule has 0 spiro atoms. The highest BCUT2D eigenvalue weighted by atomic mass is 79.9. The van der Waals surface area contributed by atoms with Crippen LogP contribution >= 0.6 is 38.8 Å². The van der Waals surface area contributed by atoms with Gasteiger partial charge in [0, 0.05) is 13.6 Å². The van der Waals surface area contributed by atoms with Crippen molar-refractivity contribution in [3.05, 3.63) is 20.8 Å². The third-order valence-corrected chi connectivity index (χ3v) is 4.91. The van der Waals surface area contributed by atoms with Gasteiger partial charge >= 0.3 is 0 Å². The molecule has 104 valence electrons. The Morgan fingerprint density at radius 2 is 2.26 bits per heavy atom. The first kappa shape index (κ1) is 14.6. The van der Waals surface area contributed by atoms with Gasteiger partial charge in [-0.15, -0.1) is 11.3 Å². The minimum atomic E-state index is 0.0844. The first-order valence-corrected chi connectivity index (χ1v) is 8.27. The molecule has 0 atom stereocenters. The van der Waals surface area contributed by atoms with Crippen LogP contribution in [-0.4, -0.2) is 17.5 Å². The third kappa shape index (κ3) is 3.61. The zero-order chi connectivity index (χ0) is 14.0. The van der Waals surface area contributed by atoms with Crippen molar-refractivity contribution in [3.8, 4) is 5.75 Å². The number of ether oxygens (including phenoxy) is 1. The van der Waals surface area contributed by atoms with Gasteiger partial charge in [0.1, 0.15) is 0 Å². The fraction of sp³-hybridized carbons (Fsp3) is 0.417. The predicted molar refractivity (Wildman–Crippen MR) is 86.4 cm³/mol. The monoisotopic (exact) mass is 361 g/mol. The van der Waals surface area contributed by atoms with Crippen LogP contribution in [0.25, 0.3) is 0 Å². The number of rotatable bonds is 5. The van der Waals surface area contributed by atoms with Gasteiger partial charge in [0.25, 0.3) is 0 Å². The zero-order valence-corrected chi connectivity index (χ0v) is 14.2. The van der Waals surface area contributed by atoms with E-state index in [1.54, 1.807) is 11.3 Å². The highest BCUT2D eigenvalue weighted by Gasteiger charge is 2.18. The number of anilines is 2. The maximum absolute atomic E-state index is 5.87. The second-order valence-corrected chi connectivity index (χ2v) is 7.53. The Bertz CT molecular complexity index is 553. The molecular weight excluding hydrogens is 346 g/mol. The van der Waals surface area contributed by atoms with Gasteiger partial charge in [-0.2, -0.15) is 4.37 Å². The van der Waals surface area contributed by atoms with E-state index in [9.17, 15) is 0 Å². The van der Waals surface area contributed by atoms with Crippen molar-refractivity contribution >= 4 is 49.6 Å². The van der Waals surface area contributed by atoms with Crippen molar-refractivity contribution < 1.29 is 4.74 Å². The molecule has 2 N–H and O–H groups in total. The molecule has 0 radical (unpaired) electrons. The van der Waals surface area contributed by atoms with Crippen LogP contribution in [-0.2, 0) is 6.54 Å². The van der Waals surface area contributed by atoms with Gasteiger partial charge in [-0.1, -0.05) is 0 Å². The van der Waals surface area contributed by atoms with Crippen LogP contribution in [0.5, 0.6) is 5.75 Å². The number of hydrogen-bond donors (Lipinski definition) is 1. The third-order valence-electron chi connectivity index (χ3n) is 2.40. The molecule has 0 unspecified atom stereocenters. The Kier molecular flexibility index (Phi) is 4.70. The van der Waals surface area contributed by atoms with Crippen molar-refractivity contribution in [1.82, 2.24) is 4.37 Å². The standard InChI is InChI=1S/C12H16BrN3OS2/c1-7(2)17-10-11(14)15-19-12(10)16(3)5-8-4-9(13)18-6-8/h4,6-7H,5H2,1-3H3,(H2,14,15). The Balaban J connectivity index is 2.16. The average Bonchev–Trinajstić information content (AvgIpc) is 2.86. The van der Waals surface area contributed by atoms with E-state index in [4.69, 9.17) is 10.5 Å². The summed E-state index contributed by atoms with van der Waals surface area (Å²) in [5.74, 6) is 1.16. The molecule has 4 nitrogen and oxygen atoms in total. The Labute approximate surface area is 129 Å². The fourth-order valence-corrected chi connectivity index (χ4v) is 3.56. The van der Waals surface area contributed by atoms with E-state index in [0.29, 0.717) is 11.6 Å². The van der Waals surface area contributed by atoms with Gasteiger partial charge in [0.05, 0.1) is 9.89 Å². The smallest absolute Gasteiger partial charge is 0.198 e. The van der Waals surface area contributed by atoms with E-state index in [1.165, 1.54) is 17.1 Å². The molecule has 0 saturated carbocycles. The van der Waals surface area contributed by atoms with Gasteiger partial charge in [0.2, 0.25) is 0 Å². The van der Waals surface area contributed by atoms with E-state index in [2.05, 4.69) is 36.6 Å². The topological polar surface area (TPSA) is 51.4 Å². The van der Waals surface area contributed by atoms with Gasteiger partial charge < -0.3 is 15.4 Å². The number of aromatic nitrogens is 1. The van der Waals surface area contributed by atoms with Gasteiger partial charge in [0.15, 0.2) is 16.6 Å². The van der Waals surface area contributed by atoms with Crippen LogP contribution in [0.3, 0.4) is 0 Å². The largest absolute Gasteiger partial charge is 0.484 e. The SMILES string of the molecule is CC(C)Oc1c(N)nsc1N(C)Cc1csc(Br)c1. The van der Waals surface area contributed by atoms with E-state index >= 15 is 0 Å². The number of nitrogen functional groups attached to an aromatic ring is 1. The lowest BCUT2D eigenvalue weighted by Gasteiger charge is -2.19. The van der Waals surface area contributed by atoms with E-state index < -0.39 is 0 Å². The molecular formula is C12H16BrN3OS2. The van der Waals surface area contributed by atoms with Gasteiger partial charge in [-0.05, 0) is 58.3 Å². The second kappa shape index (κ2) is 6.11. The Morgan fingerprint density at radius 3 is 2.84 bits per heavy atom. The number of thiophene rings is 1. The lowest BCUT2D eigenvalue weighted by molar-refractivity contribution is 0.245. The van der Waals surface area contributed by atoms with Crippen molar-refractivity contribution in [3.63, 3.8) is 0 Å². The number of nitrogens with two attached hydrogens (primary N) is 1. The van der Waals surface area contributed by atoms with Crippen molar-refractivity contribution in [2.45, 2.75) is 26.5 Å². The predicted octanol–water partition coefficient (Wildman–Crippen LogP) is 3.97. The van der Waals surface area contributed by atoms with E-state index in [-0.39, 0.29) is 6.10 Å². The van der Waals surface area contributed by atoms with E-state index in [0.717, 1.165) is 15.3 Å². The van der Waals surface area contributed by atoms with Gasteiger partial charge in [-0.25, -0.2) is 0 Å². The fourth-order valence-electron chi connectivity index (χ4n) is 1.65. The lowest BCUT2D eigenvalue weighted by atomic mass is 10.3. The molecule has 7 heteroatoms. The molecule has 2 rings (SSSR count). The summed E-state index contributed by atoms with van der Waals surface area (Å²) in [5.41, 5.74) is 7.12. The van der Waals surface area contributed by atoms with Crippen LogP contribution in [0.4, 0.5) is 10.8 Å². The Hall–Kier alpha value is -0.790. The summed E-state index contributed by atoms with van der Waals surface area (Å²) < 4.78 is 11.1. The first-order chi connectivity index (χ1) is 8.97. The van der Waals surface area contributed by atoms with Crippen LogP contribution < -0.4 is 15.4 Å². The quantitative estimate of drug-likeness (QED) is 0.874. The summed E-state index contributed by atoms with van der Waals surface area (Å²) in [6.07, 6.45) is 0.0844. The second-order valence-electron chi connectivity index (χ2n) is 4.48. The van der Waals surface area contributed by atoms with Crippen molar-refractivity contribution in [2.24, 2.45) is 0 Å². The van der Waals surface area contributed by atoms with Gasteiger partial charge in [-0.3, -0.25) is 0 Å². The summed E-state index contributed by atoms with van der Waals surface area (Å²) in [6.45, 7) is 4.77. The summed E-state index contributed by atoms with van der Waals surface area (Å²) >= 11 is 6.53. The molecule has 0 saturated heterocycles. The molecule has 2 heterocycles. The molecule has 2 aromatic rings. The van der Waals surface area contributed by atoms with E-state index in [1.807, 2.05) is 20.9 Å². The summed E-state index contributed by atoms with van der Waals surface area (Å²) in [7, 11) is 2.02. The van der Waals surface area contributed by atoms with Crippen LogP contribution in [0.15, 0.2) is 15.2 Å². The Morgan fingerprint density at radius 1 is 1.53 bits per heavy atom. The zero-order valence-electron chi connectivity index (χ0n) is 11.0. The number of hydrogen-bond acceptors (Lipinski definition) is 6. The number of nitrogens with zero attached hydrogens (tertiary/aromatic N) is 2. The minimum absolute atomic E-state index is 0.0844. The highest BCUT2D eigenvalue weighted by molar-refractivity contribution is 9.11. The van der Waals surface area contributed by atoms with Crippen molar-refractivity contribution in [1.29, 1.82) is 0 Å². The molecule has 0 aromatic carbocycles. The molecule has 2 aromatic heterocycles. The lowest BCUT2D eigenvalue weighted by Crippen LogP contribution is -2.17.